The molecular weight excluding hydrogens is 302 g/mol. The van der Waals surface area contributed by atoms with Crippen molar-refractivity contribution in [3.05, 3.63) is 59.5 Å². The zero-order valence-electron chi connectivity index (χ0n) is 13.7. The molecule has 0 saturated heterocycles. The third-order valence-electron chi connectivity index (χ3n) is 4.46. The molecule has 0 fully saturated rings. The van der Waals surface area contributed by atoms with E-state index in [1.807, 2.05) is 42.3 Å². The lowest BCUT2D eigenvalue weighted by Crippen LogP contribution is -2.34. The average molecular weight is 323 g/mol. The summed E-state index contributed by atoms with van der Waals surface area (Å²) in [5.41, 5.74) is 3.05. The second-order valence-electron chi connectivity index (χ2n) is 5.90. The predicted octanol–water partition coefficient (Wildman–Crippen LogP) is 5.44. The number of fused-ring (bicyclic) bond motifs is 1. The van der Waals surface area contributed by atoms with Crippen molar-refractivity contribution in [2.45, 2.75) is 26.3 Å². The Morgan fingerprint density at radius 1 is 1.17 bits per heavy atom. The number of hydrogen-bond acceptors (Lipinski definition) is 2. The third-order valence-corrected chi connectivity index (χ3v) is 5.42. The zero-order valence-corrected chi connectivity index (χ0v) is 14.6. The summed E-state index contributed by atoms with van der Waals surface area (Å²) in [7, 11) is 1.89. The van der Waals surface area contributed by atoms with Crippen molar-refractivity contribution in [1.82, 2.24) is 4.90 Å². The highest BCUT2D eigenvalue weighted by Gasteiger charge is 2.18. The maximum atomic E-state index is 12.8. The Hall–Kier alpha value is -2.13. The maximum Gasteiger partial charge on any atom is 0.253 e. The zero-order chi connectivity index (χ0) is 16.4. The summed E-state index contributed by atoms with van der Waals surface area (Å²) in [4.78, 5) is 14.7. The van der Waals surface area contributed by atoms with Gasteiger partial charge in [0.2, 0.25) is 0 Å². The van der Waals surface area contributed by atoms with E-state index in [9.17, 15) is 4.79 Å². The predicted molar refractivity (Wildman–Crippen MR) is 99.1 cm³/mol. The number of hydrogen-bond donors (Lipinski definition) is 0. The highest BCUT2D eigenvalue weighted by atomic mass is 32.1. The van der Waals surface area contributed by atoms with Gasteiger partial charge in [0.05, 0.1) is 0 Å². The summed E-state index contributed by atoms with van der Waals surface area (Å²) < 4.78 is 1.24. The lowest BCUT2D eigenvalue weighted by atomic mass is 10.00. The van der Waals surface area contributed by atoms with Gasteiger partial charge in [-0.25, -0.2) is 0 Å². The van der Waals surface area contributed by atoms with Crippen LogP contribution in [0.2, 0.25) is 0 Å². The van der Waals surface area contributed by atoms with Gasteiger partial charge in [0.1, 0.15) is 0 Å². The van der Waals surface area contributed by atoms with E-state index < -0.39 is 0 Å². The molecular formula is C20H21NOS. The van der Waals surface area contributed by atoms with Gasteiger partial charge in [0.25, 0.3) is 5.91 Å². The summed E-state index contributed by atoms with van der Waals surface area (Å²) in [5.74, 6) is 0.0876. The van der Waals surface area contributed by atoms with Gasteiger partial charge < -0.3 is 4.90 Å². The number of amides is 1. The molecule has 1 heterocycles. The molecule has 1 unspecified atom stereocenters. The van der Waals surface area contributed by atoms with Crippen LogP contribution >= 0.6 is 11.3 Å². The first-order valence-electron chi connectivity index (χ1n) is 7.95. The number of carbonyl (C=O) groups is 1. The molecule has 0 bridgehead atoms. The molecule has 2 nitrogen and oxygen atoms in total. The van der Waals surface area contributed by atoms with Crippen LogP contribution in [0.3, 0.4) is 0 Å². The molecule has 3 aromatic rings. The van der Waals surface area contributed by atoms with Crippen molar-refractivity contribution in [1.29, 1.82) is 0 Å². The van der Waals surface area contributed by atoms with E-state index in [2.05, 4.69) is 37.4 Å². The van der Waals surface area contributed by atoms with E-state index in [0.717, 1.165) is 28.5 Å². The van der Waals surface area contributed by atoms with Crippen LogP contribution in [0.5, 0.6) is 0 Å². The highest BCUT2D eigenvalue weighted by molar-refractivity contribution is 7.17. The van der Waals surface area contributed by atoms with Gasteiger partial charge in [-0.2, -0.15) is 0 Å². The SMILES string of the molecule is CCC(C)N(C)C(=O)c1cc(-c2ccccc2)c2sccc2c1. The maximum absolute atomic E-state index is 12.8. The van der Waals surface area contributed by atoms with E-state index in [1.165, 1.54) is 4.70 Å². The number of benzene rings is 2. The van der Waals surface area contributed by atoms with Gasteiger partial charge in [-0.15, -0.1) is 11.3 Å². The summed E-state index contributed by atoms with van der Waals surface area (Å²) in [5, 5.41) is 3.22. The number of carbonyl (C=O) groups excluding carboxylic acids is 1. The molecule has 3 heteroatoms. The van der Waals surface area contributed by atoms with Crippen molar-refractivity contribution in [2.24, 2.45) is 0 Å². The van der Waals surface area contributed by atoms with E-state index in [4.69, 9.17) is 0 Å². The van der Waals surface area contributed by atoms with Gasteiger partial charge in [0.15, 0.2) is 0 Å². The minimum Gasteiger partial charge on any atom is -0.339 e. The number of rotatable bonds is 4. The minimum absolute atomic E-state index is 0.0876. The first-order valence-corrected chi connectivity index (χ1v) is 8.83. The van der Waals surface area contributed by atoms with Crippen LogP contribution in [0, 0.1) is 0 Å². The first kappa shape index (κ1) is 15.8. The summed E-state index contributed by atoms with van der Waals surface area (Å²) in [6.07, 6.45) is 0.953. The van der Waals surface area contributed by atoms with E-state index in [0.29, 0.717) is 0 Å². The monoisotopic (exact) mass is 323 g/mol. The highest BCUT2D eigenvalue weighted by Crippen LogP contribution is 2.34. The molecule has 1 atom stereocenters. The van der Waals surface area contributed by atoms with Crippen molar-refractivity contribution >= 4 is 27.3 Å². The quantitative estimate of drug-likeness (QED) is 0.626. The molecule has 0 aliphatic rings. The molecule has 1 aromatic heterocycles. The molecule has 23 heavy (non-hydrogen) atoms. The molecule has 118 valence electrons. The number of thiophene rings is 1. The fourth-order valence-electron chi connectivity index (χ4n) is 2.72. The second-order valence-corrected chi connectivity index (χ2v) is 6.82. The summed E-state index contributed by atoms with van der Waals surface area (Å²) >= 11 is 1.72. The Morgan fingerprint density at radius 3 is 2.61 bits per heavy atom. The normalized spacial score (nSPS) is 12.3. The Balaban J connectivity index is 2.11. The van der Waals surface area contributed by atoms with Crippen LogP contribution in [0.15, 0.2) is 53.9 Å². The lowest BCUT2D eigenvalue weighted by Gasteiger charge is -2.24. The molecule has 2 aromatic carbocycles. The van der Waals surface area contributed by atoms with Crippen molar-refractivity contribution < 1.29 is 4.79 Å². The smallest absolute Gasteiger partial charge is 0.253 e. The fraction of sp³-hybridized carbons (Fsp3) is 0.250. The van der Waals surface area contributed by atoms with Gasteiger partial charge in [0, 0.05) is 28.9 Å². The molecule has 1 amide bonds. The summed E-state index contributed by atoms with van der Waals surface area (Å²) in [6, 6.07) is 16.7. The summed E-state index contributed by atoms with van der Waals surface area (Å²) in [6.45, 7) is 4.19. The lowest BCUT2D eigenvalue weighted by molar-refractivity contribution is 0.0741. The van der Waals surface area contributed by atoms with Crippen LogP contribution in [-0.4, -0.2) is 23.9 Å². The Morgan fingerprint density at radius 2 is 1.91 bits per heavy atom. The van der Waals surface area contributed by atoms with Gasteiger partial charge in [-0.05, 0) is 47.9 Å². The molecule has 0 aliphatic carbocycles. The molecule has 3 rings (SSSR count). The van der Waals surface area contributed by atoms with Crippen molar-refractivity contribution in [3.63, 3.8) is 0 Å². The van der Waals surface area contributed by atoms with Crippen LogP contribution < -0.4 is 0 Å². The largest absolute Gasteiger partial charge is 0.339 e. The third kappa shape index (κ3) is 3.02. The van der Waals surface area contributed by atoms with E-state index in [1.54, 1.807) is 11.3 Å². The van der Waals surface area contributed by atoms with Crippen LogP contribution in [0.4, 0.5) is 0 Å². The van der Waals surface area contributed by atoms with Gasteiger partial charge >= 0.3 is 0 Å². The van der Waals surface area contributed by atoms with Crippen LogP contribution in [0.1, 0.15) is 30.6 Å². The van der Waals surface area contributed by atoms with Gasteiger partial charge in [-0.1, -0.05) is 37.3 Å². The van der Waals surface area contributed by atoms with Gasteiger partial charge in [-0.3, -0.25) is 4.79 Å². The molecule has 0 saturated carbocycles. The Labute approximate surface area is 141 Å². The molecule has 0 aliphatic heterocycles. The number of nitrogens with zero attached hydrogens (tertiary/aromatic N) is 1. The Kier molecular flexibility index (Phi) is 4.49. The standard InChI is InChI=1S/C20H21NOS/c1-4-14(2)21(3)20(22)17-12-16-10-11-23-19(16)18(13-17)15-8-6-5-7-9-15/h5-14H,4H2,1-3H3. The van der Waals surface area contributed by atoms with E-state index in [-0.39, 0.29) is 11.9 Å². The second kappa shape index (κ2) is 6.55. The van der Waals surface area contributed by atoms with Crippen LogP contribution in [-0.2, 0) is 0 Å². The molecule has 0 spiro atoms. The van der Waals surface area contributed by atoms with E-state index >= 15 is 0 Å². The van der Waals surface area contributed by atoms with Crippen molar-refractivity contribution in [3.8, 4) is 11.1 Å². The Bertz CT molecular complexity index is 822. The minimum atomic E-state index is 0.0876. The molecule has 0 radical (unpaired) electrons. The molecule has 0 N–H and O–H groups in total. The van der Waals surface area contributed by atoms with Crippen LogP contribution in [0.25, 0.3) is 21.2 Å². The fourth-order valence-corrected chi connectivity index (χ4v) is 3.63. The van der Waals surface area contributed by atoms with Crippen molar-refractivity contribution in [2.75, 3.05) is 7.05 Å². The first-order chi connectivity index (χ1) is 11.1. The average Bonchev–Trinajstić information content (AvgIpc) is 3.08. The topological polar surface area (TPSA) is 20.3 Å².